The summed E-state index contributed by atoms with van der Waals surface area (Å²) in [7, 11) is 0. The Balaban J connectivity index is 1.92. The van der Waals surface area contributed by atoms with Gasteiger partial charge in [-0.3, -0.25) is 33.6 Å². The maximum absolute atomic E-state index is 14.2. The van der Waals surface area contributed by atoms with Crippen molar-refractivity contribution in [3.8, 4) is 23.7 Å². The van der Waals surface area contributed by atoms with Crippen LogP contribution in [0.25, 0.3) is 0 Å². The first-order valence-corrected chi connectivity index (χ1v) is 37.4. The third kappa shape index (κ3) is 43.6. The summed E-state index contributed by atoms with van der Waals surface area (Å²) in [5.41, 5.74) is 0.717. The minimum absolute atomic E-state index is 0.0169. The molecule has 1 heterocycles. The molecule has 0 radical (unpaired) electrons. The van der Waals surface area contributed by atoms with Crippen LogP contribution >= 0.6 is 0 Å². The molecule has 1 aromatic carbocycles. The Bertz CT molecular complexity index is 2370. The molecule has 7 amide bonds. The lowest BCUT2D eigenvalue weighted by Gasteiger charge is -2.39. The van der Waals surface area contributed by atoms with Gasteiger partial charge in [0.15, 0.2) is 6.29 Å². The van der Waals surface area contributed by atoms with E-state index in [-0.39, 0.29) is 63.0 Å². The molecule has 9 atom stereocenters. The Morgan fingerprint density at radius 3 is 1.49 bits per heavy atom. The summed E-state index contributed by atoms with van der Waals surface area (Å²) in [6, 6.07) is 4.58. The molecule has 20 heteroatoms. The van der Waals surface area contributed by atoms with Crippen LogP contribution in [0.4, 0.5) is 0 Å². The predicted molar refractivity (Wildman–Crippen MR) is 379 cm³/mol. The van der Waals surface area contributed by atoms with E-state index in [1.807, 2.05) is 19.9 Å². The molecule has 0 saturated carbocycles. The number of aliphatic hydroxyl groups excluding tert-OH is 4. The molecular weight excluding hydrogens is 1220 g/mol. The monoisotopic (exact) mass is 1350 g/mol. The number of rotatable bonds is 57. The van der Waals surface area contributed by atoms with E-state index in [9.17, 15) is 54.0 Å². The van der Waals surface area contributed by atoms with E-state index in [1.54, 1.807) is 24.3 Å². The zero-order valence-corrected chi connectivity index (χ0v) is 59.7. The molecule has 1 saturated heterocycles. The second kappa shape index (κ2) is 57.3. The minimum atomic E-state index is -1.60. The first kappa shape index (κ1) is 86.5. The van der Waals surface area contributed by atoms with Crippen molar-refractivity contribution < 1.29 is 63.5 Å². The molecule has 0 unspecified atom stereocenters. The van der Waals surface area contributed by atoms with E-state index in [0.717, 1.165) is 82.6 Å². The molecule has 96 heavy (non-hydrogen) atoms. The van der Waals surface area contributed by atoms with Gasteiger partial charge in [0.05, 0.1) is 19.8 Å². The van der Waals surface area contributed by atoms with Crippen LogP contribution in [0.15, 0.2) is 30.3 Å². The van der Waals surface area contributed by atoms with E-state index >= 15 is 0 Å². The number of hydrogen-bond donors (Lipinski definition) is 11. The van der Waals surface area contributed by atoms with Crippen LogP contribution in [0.5, 0.6) is 0 Å². The lowest BCUT2D eigenvalue weighted by atomic mass is 9.99. The highest BCUT2D eigenvalue weighted by atomic mass is 16.7. The predicted octanol–water partition coefficient (Wildman–Crippen LogP) is 9.88. The minimum Gasteiger partial charge on any atom is -0.394 e. The molecule has 1 aliphatic heterocycles. The Hall–Kier alpha value is -5.61. The van der Waals surface area contributed by atoms with Crippen molar-refractivity contribution in [3.05, 3.63) is 35.9 Å². The lowest BCUT2D eigenvalue weighted by molar-refractivity contribution is -0.301. The summed E-state index contributed by atoms with van der Waals surface area (Å²) in [5.74, 6) is 9.00. The molecule has 1 fully saturated rings. The van der Waals surface area contributed by atoms with Gasteiger partial charge >= 0.3 is 0 Å². The zero-order chi connectivity index (χ0) is 70.2. The second-order valence-corrected chi connectivity index (χ2v) is 26.8. The van der Waals surface area contributed by atoms with Gasteiger partial charge in [0, 0.05) is 45.2 Å². The maximum atomic E-state index is 14.2. The van der Waals surface area contributed by atoms with E-state index in [1.165, 1.54) is 122 Å². The number of benzene rings is 1. The Labute approximate surface area is 577 Å². The van der Waals surface area contributed by atoms with Crippen molar-refractivity contribution in [1.82, 2.24) is 37.2 Å². The number of unbranched alkanes of at least 4 members (excludes halogenated alkanes) is 29. The topological polar surface area (TPSA) is 303 Å². The highest BCUT2D eigenvalue weighted by Gasteiger charge is 2.44. The molecule has 1 aromatic rings. The van der Waals surface area contributed by atoms with E-state index < -0.39 is 97.6 Å². The number of aliphatic hydroxyl groups is 4. The molecule has 11 N–H and O–H groups in total. The third-order valence-electron chi connectivity index (χ3n) is 17.5. The van der Waals surface area contributed by atoms with Gasteiger partial charge in [-0.15, -0.1) is 0 Å². The van der Waals surface area contributed by atoms with E-state index in [2.05, 4.69) is 74.7 Å². The van der Waals surface area contributed by atoms with Crippen molar-refractivity contribution in [1.29, 1.82) is 0 Å². The van der Waals surface area contributed by atoms with Crippen molar-refractivity contribution in [2.45, 2.75) is 340 Å². The first-order valence-electron chi connectivity index (χ1n) is 37.4. The normalized spacial score (nSPS) is 17.1. The van der Waals surface area contributed by atoms with E-state index in [4.69, 9.17) is 9.47 Å². The fourth-order valence-corrected chi connectivity index (χ4v) is 11.5. The fourth-order valence-electron chi connectivity index (χ4n) is 11.5. The van der Waals surface area contributed by atoms with Crippen molar-refractivity contribution >= 4 is 41.4 Å². The number of amides is 7. The second-order valence-electron chi connectivity index (χ2n) is 26.8. The van der Waals surface area contributed by atoms with Gasteiger partial charge in [0.1, 0.15) is 48.6 Å². The van der Waals surface area contributed by atoms with Crippen molar-refractivity contribution in [2.24, 2.45) is 5.92 Å². The van der Waals surface area contributed by atoms with Gasteiger partial charge < -0.3 is 67.1 Å². The number of carbonyl (C=O) groups is 7. The summed E-state index contributed by atoms with van der Waals surface area (Å²) in [4.78, 5) is 94.9. The highest BCUT2D eigenvalue weighted by Crippen LogP contribution is 2.22. The van der Waals surface area contributed by atoms with Crippen molar-refractivity contribution in [3.63, 3.8) is 0 Å². The average Bonchev–Trinajstić information content (AvgIpc) is 1.07. The third-order valence-corrected chi connectivity index (χ3v) is 17.5. The van der Waals surface area contributed by atoms with Gasteiger partial charge in [-0.1, -0.05) is 230 Å². The Kier molecular flexibility index (Phi) is 51.6. The summed E-state index contributed by atoms with van der Waals surface area (Å²) in [6.07, 6.45) is 31.8. The maximum Gasteiger partial charge on any atom is 0.243 e. The smallest absolute Gasteiger partial charge is 0.243 e. The molecule has 0 bridgehead atoms. The highest BCUT2D eigenvalue weighted by molar-refractivity contribution is 5.96. The molecule has 2 rings (SSSR count). The molecule has 20 nitrogen and oxygen atoms in total. The lowest BCUT2D eigenvalue weighted by Crippen LogP contribution is -2.59. The molecule has 1 aliphatic rings. The van der Waals surface area contributed by atoms with Crippen LogP contribution in [0.2, 0.25) is 0 Å². The quantitative estimate of drug-likeness (QED) is 0.0214. The van der Waals surface area contributed by atoms with Gasteiger partial charge in [0.25, 0.3) is 0 Å². The van der Waals surface area contributed by atoms with Gasteiger partial charge in [0.2, 0.25) is 41.4 Å². The molecule has 0 aromatic heterocycles. The van der Waals surface area contributed by atoms with Crippen LogP contribution in [-0.2, 0) is 49.5 Å². The molecule has 0 aliphatic carbocycles. The van der Waals surface area contributed by atoms with Crippen LogP contribution in [0, 0.1) is 29.6 Å². The number of hydrogen-bond acceptors (Lipinski definition) is 13. The molecule has 0 spiro atoms. The van der Waals surface area contributed by atoms with Crippen LogP contribution in [0.1, 0.15) is 284 Å². The van der Waals surface area contributed by atoms with Gasteiger partial charge in [-0.25, -0.2) is 0 Å². The summed E-state index contributed by atoms with van der Waals surface area (Å²) >= 11 is 0. The zero-order valence-electron chi connectivity index (χ0n) is 59.7. The summed E-state index contributed by atoms with van der Waals surface area (Å²) in [5, 5.41) is 59.2. The number of nitrogens with one attached hydrogen (secondary N) is 7. The number of ether oxygens (including phenoxy) is 2. The standard InChI is InChI=1S/C76H129N7O13/c1-6-8-10-12-14-16-18-20-21-22-23-24-25-26-27-28-30-31-33-35-37-42-50-66(85)77-52-45-44-49-62(81-67(86)51-43-38-36-34-32-29-19-17-15-13-11-9-7-2)74(93)80-60(5)72(91)82-63(55-59(3)4)75(94)83-64(56-61-47-40-39-41-48-61)73(92)79-57-68(87)78-53-46-54-95-76-71(90)70(89)69(88)65(58-84)96-76/h39-41,47-48,59-60,62-65,69-71,76,84,88-90H,6-23,28-38,42-46,49-58H2,1-5H3,(H,77,85)(H,78,87)(H,79,92)(H,80,93)(H,81,86)(H,82,91)(H,83,94)/t60-,62+,63-,64-,65+,69-,70-,71+,76+/m0/s1. The van der Waals surface area contributed by atoms with Crippen molar-refractivity contribution in [2.75, 3.05) is 32.8 Å². The molecular formula is C76H129N7O13. The van der Waals surface area contributed by atoms with Gasteiger partial charge in [-0.05, 0) is 88.0 Å². The SMILES string of the molecule is CCCCCCCCCCCCC#CC#CCCCCCCCCC(=O)NCCCC[C@@H](NC(=O)CCCCCCCCCCCCCCC)C(=O)N[C@@H](C)C(=O)N[C@@H](CC(C)C)C(=O)N[C@@H](Cc1ccccc1)C(=O)NCC(=O)NCCCO[C@@H]1O[C@H](CO)[C@H](O)[C@H](O)[C@H]1O. The molecule has 546 valence electrons. The van der Waals surface area contributed by atoms with Crippen LogP contribution < -0.4 is 37.2 Å². The van der Waals surface area contributed by atoms with Crippen LogP contribution in [-0.4, -0.2) is 149 Å². The first-order chi connectivity index (χ1) is 46.5. The Morgan fingerprint density at radius 1 is 0.479 bits per heavy atom. The summed E-state index contributed by atoms with van der Waals surface area (Å²) in [6.45, 7) is 9.18. The van der Waals surface area contributed by atoms with E-state index in [0.29, 0.717) is 32.2 Å². The number of carbonyl (C=O) groups excluding carboxylic acids is 7. The average molecular weight is 1350 g/mol. The Morgan fingerprint density at radius 2 is 0.958 bits per heavy atom. The van der Waals surface area contributed by atoms with Crippen LogP contribution in [0.3, 0.4) is 0 Å². The fraction of sp³-hybridized carbons (Fsp3) is 0.776. The summed E-state index contributed by atoms with van der Waals surface area (Å²) < 4.78 is 10.8. The van der Waals surface area contributed by atoms with Gasteiger partial charge in [-0.2, -0.15) is 0 Å². The largest absolute Gasteiger partial charge is 0.394 e.